The fraction of sp³-hybridized carbons (Fsp3) is 0.111. The summed E-state index contributed by atoms with van der Waals surface area (Å²) < 4.78 is 11.4. The Hall–Kier alpha value is -2.58. The van der Waals surface area contributed by atoms with E-state index in [1.165, 1.54) is 18.4 Å². The van der Waals surface area contributed by atoms with Crippen LogP contribution in [0.5, 0.6) is 11.5 Å². The molecule has 0 unspecified atom stereocenters. The van der Waals surface area contributed by atoms with Crippen molar-refractivity contribution in [1.29, 1.82) is 0 Å². The lowest BCUT2D eigenvalue weighted by molar-refractivity contribution is 0.262. The highest BCUT2D eigenvalue weighted by Crippen LogP contribution is 2.30. The SMILES string of the molecule is COc1ccc(NC(=O)Nc2nc(-c3ccc(Br)cc3)cs2)c(OC)c1. The summed E-state index contributed by atoms with van der Waals surface area (Å²) in [7, 11) is 3.10. The second-order valence-corrected chi connectivity index (χ2v) is 6.96. The van der Waals surface area contributed by atoms with Crippen LogP contribution in [0.25, 0.3) is 11.3 Å². The quantitative estimate of drug-likeness (QED) is 0.577. The van der Waals surface area contributed by atoms with Crippen LogP contribution in [0.4, 0.5) is 15.6 Å². The van der Waals surface area contributed by atoms with E-state index in [0.29, 0.717) is 22.3 Å². The Balaban J connectivity index is 1.68. The smallest absolute Gasteiger partial charge is 0.325 e. The molecular formula is C18H16BrN3O3S. The average Bonchev–Trinajstić information content (AvgIpc) is 3.11. The molecule has 0 atom stereocenters. The largest absolute Gasteiger partial charge is 0.497 e. The van der Waals surface area contributed by atoms with E-state index in [1.807, 2.05) is 29.6 Å². The lowest BCUT2D eigenvalue weighted by Gasteiger charge is -2.11. The maximum Gasteiger partial charge on any atom is 0.325 e. The van der Waals surface area contributed by atoms with Gasteiger partial charge in [0.1, 0.15) is 11.5 Å². The number of carbonyl (C=O) groups is 1. The molecule has 0 aliphatic carbocycles. The predicted molar refractivity (Wildman–Crippen MR) is 107 cm³/mol. The molecule has 0 saturated heterocycles. The third-order valence-corrected chi connectivity index (χ3v) is 4.81. The van der Waals surface area contributed by atoms with Crippen molar-refractivity contribution in [3.63, 3.8) is 0 Å². The third kappa shape index (κ3) is 4.33. The summed E-state index contributed by atoms with van der Waals surface area (Å²) in [6, 6.07) is 12.6. The van der Waals surface area contributed by atoms with E-state index in [2.05, 4.69) is 31.5 Å². The number of amides is 2. The molecule has 0 aliphatic heterocycles. The monoisotopic (exact) mass is 433 g/mol. The number of anilines is 2. The zero-order valence-electron chi connectivity index (χ0n) is 14.1. The Kier molecular flexibility index (Phi) is 5.75. The van der Waals surface area contributed by atoms with Gasteiger partial charge < -0.3 is 14.8 Å². The number of urea groups is 1. The first-order chi connectivity index (χ1) is 12.6. The van der Waals surface area contributed by atoms with Crippen LogP contribution in [0.3, 0.4) is 0 Å². The summed E-state index contributed by atoms with van der Waals surface area (Å²) in [6.07, 6.45) is 0. The number of hydrogen-bond acceptors (Lipinski definition) is 5. The lowest BCUT2D eigenvalue weighted by atomic mass is 10.2. The molecule has 0 aliphatic rings. The van der Waals surface area contributed by atoms with Crippen LogP contribution in [-0.4, -0.2) is 25.2 Å². The molecule has 3 aromatic rings. The van der Waals surface area contributed by atoms with Crippen molar-refractivity contribution in [3.05, 3.63) is 52.3 Å². The normalized spacial score (nSPS) is 10.3. The van der Waals surface area contributed by atoms with E-state index in [-0.39, 0.29) is 0 Å². The Morgan fingerprint density at radius 2 is 1.85 bits per heavy atom. The molecule has 1 aromatic heterocycles. The summed E-state index contributed by atoms with van der Waals surface area (Å²) in [5.41, 5.74) is 2.32. The molecule has 8 heteroatoms. The standard InChI is InChI=1S/C18H16BrN3O3S/c1-24-13-7-8-14(16(9-13)25-2)20-17(23)22-18-21-15(10-26-18)11-3-5-12(19)6-4-11/h3-10H,1-2H3,(H2,20,21,22,23). The predicted octanol–water partition coefficient (Wildman–Crippen LogP) is 5.23. The number of ether oxygens (including phenoxy) is 2. The molecule has 0 fully saturated rings. The summed E-state index contributed by atoms with van der Waals surface area (Å²) in [5, 5.41) is 7.88. The number of nitrogens with one attached hydrogen (secondary N) is 2. The van der Waals surface area contributed by atoms with Gasteiger partial charge in [-0.05, 0) is 24.3 Å². The number of rotatable bonds is 5. The van der Waals surface area contributed by atoms with E-state index < -0.39 is 6.03 Å². The van der Waals surface area contributed by atoms with Crippen molar-refractivity contribution in [1.82, 2.24) is 4.98 Å². The molecule has 1 heterocycles. The molecule has 3 rings (SSSR count). The molecule has 134 valence electrons. The first-order valence-corrected chi connectivity index (χ1v) is 9.28. The van der Waals surface area contributed by atoms with Crippen LogP contribution in [0.1, 0.15) is 0 Å². The van der Waals surface area contributed by atoms with Crippen molar-refractivity contribution in [2.45, 2.75) is 0 Å². The van der Waals surface area contributed by atoms with Gasteiger partial charge in [-0.25, -0.2) is 9.78 Å². The van der Waals surface area contributed by atoms with Crippen molar-refractivity contribution in [3.8, 4) is 22.8 Å². The number of hydrogen-bond donors (Lipinski definition) is 2. The van der Waals surface area contributed by atoms with Gasteiger partial charge in [-0.1, -0.05) is 28.1 Å². The highest BCUT2D eigenvalue weighted by molar-refractivity contribution is 9.10. The number of thiazole rings is 1. The zero-order chi connectivity index (χ0) is 18.5. The number of carbonyl (C=O) groups excluding carboxylic acids is 1. The number of aromatic nitrogens is 1. The van der Waals surface area contributed by atoms with E-state index in [9.17, 15) is 4.79 Å². The molecule has 6 nitrogen and oxygen atoms in total. The van der Waals surface area contributed by atoms with Gasteiger partial charge in [-0.15, -0.1) is 11.3 Å². The fourth-order valence-electron chi connectivity index (χ4n) is 2.24. The molecule has 26 heavy (non-hydrogen) atoms. The van der Waals surface area contributed by atoms with Crippen LogP contribution >= 0.6 is 27.3 Å². The highest BCUT2D eigenvalue weighted by Gasteiger charge is 2.11. The summed E-state index contributed by atoms with van der Waals surface area (Å²) >= 11 is 4.76. The number of methoxy groups -OCH3 is 2. The zero-order valence-corrected chi connectivity index (χ0v) is 16.5. The highest BCUT2D eigenvalue weighted by atomic mass is 79.9. The Bertz CT molecular complexity index is 912. The third-order valence-electron chi connectivity index (χ3n) is 3.52. The van der Waals surface area contributed by atoms with Gasteiger partial charge in [0.05, 0.1) is 25.6 Å². The second-order valence-electron chi connectivity index (χ2n) is 5.19. The Morgan fingerprint density at radius 3 is 2.54 bits per heavy atom. The molecule has 2 aromatic carbocycles. The van der Waals surface area contributed by atoms with Crippen LogP contribution in [0.2, 0.25) is 0 Å². The van der Waals surface area contributed by atoms with Gasteiger partial charge in [0.15, 0.2) is 5.13 Å². The van der Waals surface area contributed by atoms with Gasteiger partial charge in [-0.2, -0.15) is 0 Å². The van der Waals surface area contributed by atoms with Crippen molar-refractivity contribution >= 4 is 44.1 Å². The molecule has 0 saturated carbocycles. The topological polar surface area (TPSA) is 72.5 Å². The average molecular weight is 434 g/mol. The summed E-state index contributed by atoms with van der Waals surface area (Å²) in [4.78, 5) is 16.7. The first kappa shape index (κ1) is 18.2. The van der Waals surface area contributed by atoms with Crippen LogP contribution < -0.4 is 20.1 Å². The van der Waals surface area contributed by atoms with E-state index in [0.717, 1.165) is 15.7 Å². The number of nitrogens with zero attached hydrogens (tertiary/aromatic N) is 1. The van der Waals surface area contributed by atoms with E-state index >= 15 is 0 Å². The van der Waals surface area contributed by atoms with Gasteiger partial charge in [0.2, 0.25) is 0 Å². The van der Waals surface area contributed by atoms with Gasteiger partial charge in [0, 0.05) is 21.5 Å². The Labute approximate surface area is 163 Å². The van der Waals surface area contributed by atoms with Crippen molar-refractivity contribution in [2.24, 2.45) is 0 Å². The van der Waals surface area contributed by atoms with Crippen LogP contribution in [0, 0.1) is 0 Å². The van der Waals surface area contributed by atoms with Crippen molar-refractivity contribution in [2.75, 3.05) is 24.9 Å². The van der Waals surface area contributed by atoms with Crippen molar-refractivity contribution < 1.29 is 14.3 Å². The van der Waals surface area contributed by atoms with Crippen LogP contribution in [0.15, 0.2) is 52.3 Å². The summed E-state index contributed by atoms with van der Waals surface area (Å²) in [5.74, 6) is 1.15. The lowest BCUT2D eigenvalue weighted by Crippen LogP contribution is -2.19. The first-order valence-electron chi connectivity index (χ1n) is 7.60. The van der Waals surface area contributed by atoms with Crippen LogP contribution in [-0.2, 0) is 0 Å². The van der Waals surface area contributed by atoms with Gasteiger partial charge >= 0.3 is 6.03 Å². The molecule has 2 amide bonds. The van der Waals surface area contributed by atoms with E-state index in [4.69, 9.17) is 9.47 Å². The molecule has 2 N–H and O–H groups in total. The second kappa shape index (κ2) is 8.20. The van der Waals surface area contributed by atoms with Gasteiger partial charge in [0.25, 0.3) is 0 Å². The summed E-state index contributed by atoms with van der Waals surface area (Å²) in [6.45, 7) is 0. The Morgan fingerprint density at radius 1 is 1.08 bits per heavy atom. The number of benzene rings is 2. The minimum Gasteiger partial charge on any atom is -0.497 e. The molecule has 0 bridgehead atoms. The maximum atomic E-state index is 12.2. The van der Waals surface area contributed by atoms with Gasteiger partial charge in [-0.3, -0.25) is 5.32 Å². The molecular weight excluding hydrogens is 418 g/mol. The number of halogens is 1. The minimum absolute atomic E-state index is 0.398. The molecule has 0 spiro atoms. The maximum absolute atomic E-state index is 12.2. The fourth-order valence-corrected chi connectivity index (χ4v) is 3.22. The molecule has 0 radical (unpaired) electrons. The minimum atomic E-state index is -0.398. The van der Waals surface area contributed by atoms with E-state index in [1.54, 1.807) is 25.3 Å².